The number of pyridine rings is 1. The maximum atomic E-state index is 13.8. The van der Waals surface area contributed by atoms with Crippen molar-refractivity contribution in [3.05, 3.63) is 54.1 Å². The smallest absolute Gasteiger partial charge is 0.261 e. The fourth-order valence-electron chi connectivity index (χ4n) is 2.28. The van der Waals surface area contributed by atoms with Gasteiger partial charge in [-0.1, -0.05) is 19.1 Å². The summed E-state index contributed by atoms with van der Waals surface area (Å²) in [6, 6.07) is 9.13. The van der Waals surface area contributed by atoms with E-state index in [1.165, 1.54) is 12.3 Å². The van der Waals surface area contributed by atoms with E-state index in [2.05, 4.69) is 11.9 Å². The molecule has 0 aliphatic carbocycles. The van der Waals surface area contributed by atoms with Crippen LogP contribution in [-0.4, -0.2) is 22.7 Å². The van der Waals surface area contributed by atoms with E-state index in [0.717, 1.165) is 16.8 Å². The highest BCUT2D eigenvalue weighted by Crippen LogP contribution is 2.38. The second-order valence-corrected chi connectivity index (χ2v) is 6.15. The van der Waals surface area contributed by atoms with E-state index in [1.807, 2.05) is 24.3 Å². The van der Waals surface area contributed by atoms with Gasteiger partial charge in [0.15, 0.2) is 5.82 Å². The number of rotatable bonds is 1. The van der Waals surface area contributed by atoms with E-state index in [4.69, 9.17) is 0 Å². The largest absolute Gasteiger partial charge is 0.306 e. The molecule has 1 unspecified atom stereocenters. The Balaban J connectivity index is 2.02. The molecule has 102 valence electrons. The molecule has 1 atom stereocenters. The molecule has 0 N–H and O–H groups in total. The Kier molecular flexibility index (Phi) is 3.44. The number of carbonyl (C=O) groups is 1. The molecule has 1 aromatic carbocycles. The van der Waals surface area contributed by atoms with Gasteiger partial charge in [-0.15, -0.1) is 11.8 Å². The monoisotopic (exact) mass is 288 g/mol. The van der Waals surface area contributed by atoms with Crippen LogP contribution >= 0.6 is 11.8 Å². The number of benzene rings is 1. The topological polar surface area (TPSA) is 33.2 Å². The van der Waals surface area contributed by atoms with Gasteiger partial charge in [0.25, 0.3) is 5.91 Å². The number of anilines is 1. The Morgan fingerprint density at radius 2 is 2.20 bits per heavy atom. The van der Waals surface area contributed by atoms with Crippen LogP contribution in [0.2, 0.25) is 0 Å². The summed E-state index contributed by atoms with van der Waals surface area (Å²) >= 11 is 1.73. The minimum atomic E-state index is -0.583. The molecular weight excluding hydrogens is 275 g/mol. The standard InChI is InChI=1S/C15H13FN2OS/c1-10-9-18(13-4-2-3-5-14(13)20-10)15(19)11-6-7-17-8-12(11)16/h2-8,10H,9H2,1H3. The highest BCUT2D eigenvalue weighted by atomic mass is 32.2. The average Bonchev–Trinajstić information content (AvgIpc) is 2.46. The number of thioether (sulfide) groups is 1. The van der Waals surface area contributed by atoms with Crippen molar-refractivity contribution in [1.29, 1.82) is 0 Å². The fraction of sp³-hybridized carbons (Fsp3) is 0.200. The van der Waals surface area contributed by atoms with Crippen LogP contribution in [0.4, 0.5) is 10.1 Å². The normalized spacial score (nSPS) is 17.7. The number of halogens is 1. The third-order valence-corrected chi connectivity index (χ3v) is 4.32. The van der Waals surface area contributed by atoms with Crippen LogP contribution in [-0.2, 0) is 0 Å². The summed E-state index contributed by atoms with van der Waals surface area (Å²) in [7, 11) is 0. The Hall–Kier alpha value is -1.88. The molecule has 3 rings (SSSR count). The number of fused-ring (bicyclic) bond motifs is 1. The third kappa shape index (κ3) is 2.29. The Morgan fingerprint density at radius 1 is 1.40 bits per heavy atom. The molecule has 1 aliphatic heterocycles. The number of para-hydroxylation sites is 1. The van der Waals surface area contributed by atoms with Crippen LogP contribution in [0.3, 0.4) is 0 Å². The van der Waals surface area contributed by atoms with E-state index >= 15 is 0 Å². The minimum absolute atomic E-state index is 0.0638. The molecule has 0 spiro atoms. The number of aromatic nitrogens is 1. The maximum Gasteiger partial charge on any atom is 0.261 e. The molecule has 0 radical (unpaired) electrons. The summed E-state index contributed by atoms with van der Waals surface area (Å²) in [5.41, 5.74) is 0.908. The molecule has 2 heterocycles. The molecule has 0 saturated carbocycles. The number of hydrogen-bond donors (Lipinski definition) is 0. The van der Waals surface area contributed by atoms with Crippen LogP contribution in [0.1, 0.15) is 17.3 Å². The quantitative estimate of drug-likeness (QED) is 0.806. The SMILES string of the molecule is CC1CN(C(=O)c2ccncc2F)c2ccccc2S1. The molecule has 20 heavy (non-hydrogen) atoms. The van der Waals surface area contributed by atoms with Gasteiger partial charge in [0.1, 0.15) is 0 Å². The van der Waals surface area contributed by atoms with Crippen molar-refractivity contribution in [2.24, 2.45) is 0 Å². The van der Waals surface area contributed by atoms with Crippen LogP contribution in [0, 0.1) is 5.82 Å². The van der Waals surface area contributed by atoms with Gasteiger partial charge in [0.05, 0.1) is 17.4 Å². The van der Waals surface area contributed by atoms with Gasteiger partial charge in [0.2, 0.25) is 0 Å². The number of nitrogens with zero attached hydrogens (tertiary/aromatic N) is 2. The first-order valence-electron chi connectivity index (χ1n) is 6.34. The van der Waals surface area contributed by atoms with E-state index in [1.54, 1.807) is 16.7 Å². The predicted octanol–water partition coefficient (Wildman–Crippen LogP) is 3.36. The Labute approximate surface area is 120 Å². The highest BCUT2D eigenvalue weighted by molar-refractivity contribution is 8.00. The number of hydrogen-bond acceptors (Lipinski definition) is 3. The molecule has 5 heteroatoms. The molecule has 2 aromatic rings. The molecule has 1 aliphatic rings. The molecule has 3 nitrogen and oxygen atoms in total. The maximum absolute atomic E-state index is 13.8. The van der Waals surface area contributed by atoms with Crippen molar-refractivity contribution in [3.8, 4) is 0 Å². The van der Waals surface area contributed by atoms with Crippen molar-refractivity contribution >= 4 is 23.4 Å². The van der Waals surface area contributed by atoms with Gasteiger partial charge in [0, 0.05) is 22.9 Å². The predicted molar refractivity (Wildman–Crippen MR) is 77.6 cm³/mol. The van der Waals surface area contributed by atoms with Crippen molar-refractivity contribution in [2.75, 3.05) is 11.4 Å². The first-order chi connectivity index (χ1) is 9.66. The number of amides is 1. The lowest BCUT2D eigenvalue weighted by Crippen LogP contribution is -2.38. The van der Waals surface area contributed by atoms with Crippen molar-refractivity contribution in [3.63, 3.8) is 0 Å². The van der Waals surface area contributed by atoms with E-state index in [9.17, 15) is 9.18 Å². The summed E-state index contributed by atoms with van der Waals surface area (Å²) in [6.45, 7) is 2.63. The van der Waals surface area contributed by atoms with Gasteiger partial charge >= 0.3 is 0 Å². The van der Waals surface area contributed by atoms with Gasteiger partial charge in [-0.05, 0) is 18.2 Å². The minimum Gasteiger partial charge on any atom is -0.306 e. The summed E-state index contributed by atoms with van der Waals surface area (Å²) in [6.07, 6.45) is 2.51. The first-order valence-corrected chi connectivity index (χ1v) is 7.22. The van der Waals surface area contributed by atoms with Gasteiger partial charge in [-0.2, -0.15) is 0 Å². The highest BCUT2D eigenvalue weighted by Gasteiger charge is 2.28. The summed E-state index contributed by atoms with van der Waals surface area (Å²) in [4.78, 5) is 19.0. The fourth-order valence-corrected chi connectivity index (χ4v) is 3.39. The molecule has 0 bridgehead atoms. The zero-order chi connectivity index (χ0) is 14.1. The van der Waals surface area contributed by atoms with E-state index < -0.39 is 5.82 Å². The second kappa shape index (κ2) is 5.25. The van der Waals surface area contributed by atoms with Crippen molar-refractivity contribution in [2.45, 2.75) is 17.1 Å². The lowest BCUT2D eigenvalue weighted by atomic mass is 10.2. The van der Waals surface area contributed by atoms with Gasteiger partial charge < -0.3 is 4.90 Å². The molecular formula is C15H13FN2OS. The summed E-state index contributed by atoms with van der Waals surface area (Å²) in [5.74, 6) is -0.898. The second-order valence-electron chi connectivity index (χ2n) is 4.67. The Morgan fingerprint density at radius 3 is 3.00 bits per heavy atom. The first kappa shape index (κ1) is 13.1. The zero-order valence-corrected chi connectivity index (χ0v) is 11.7. The lowest BCUT2D eigenvalue weighted by molar-refractivity contribution is 0.0982. The average molecular weight is 288 g/mol. The molecule has 0 saturated heterocycles. The summed E-state index contributed by atoms with van der Waals surface area (Å²) in [5, 5.41) is 0.277. The van der Waals surface area contributed by atoms with E-state index in [-0.39, 0.29) is 16.7 Å². The van der Waals surface area contributed by atoms with Crippen molar-refractivity contribution < 1.29 is 9.18 Å². The van der Waals surface area contributed by atoms with Crippen LogP contribution in [0.25, 0.3) is 0 Å². The van der Waals surface area contributed by atoms with Gasteiger partial charge in [-0.25, -0.2) is 4.39 Å². The molecule has 1 amide bonds. The third-order valence-electron chi connectivity index (χ3n) is 3.17. The van der Waals surface area contributed by atoms with E-state index in [0.29, 0.717) is 6.54 Å². The van der Waals surface area contributed by atoms with Crippen molar-refractivity contribution in [1.82, 2.24) is 4.98 Å². The zero-order valence-electron chi connectivity index (χ0n) is 10.9. The lowest BCUT2D eigenvalue weighted by Gasteiger charge is -2.32. The summed E-state index contributed by atoms with van der Waals surface area (Å²) < 4.78 is 13.8. The molecule has 0 fully saturated rings. The van der Waals surface area contributed by atoms with Crippen LogP contribution in [0.15, 0.2) is 47.6 Å². The van der Waals surface area contributed by atoms with Gasteiger partial charge in [-0.3, -0.25) is 9.78 Å². The number of carbonyl (C=O) groups excluding carboxylic acids is 1. The van der Waals surface area contributed by atoms with Crippen LogP contribution in [0.5, 0.6) is 0 Å². The molecule has 1 aromatic heterocycles. The van der Waals surface area contributed by atoms with Crippen LogP contribution < -0.4 is 4.90 Å². The Bertz CT molecular complexity index is 662.